The van der Waals surface area contributed by atoms with E-state index in [1.807, 2.05) is 29.2 Å². The van der Waals surface area contributed by atoms with Gasteiger partial charge in [-0.3, -0.25) is 4.79 Å². The molecule has 1 amide bonds. The molecule has 5 heteroatoms. The molecule has 0 bridgehead atoms. The van der Waals surface area contributed by atoms with Crippen molar-refractivity contribution < 1.29 is 19.1 Å². The second-order valence-electron chi connectivity index (χ2n) is 7.51. The second-order valence-corrected chi connectivity index (χ2v) is 7.51. The van der Waals surface area contributed by atoms with Crippen LogP contribution in [-0.2, 0) is 5.60 Å². The highest BCUT2D eigenvalue weighted by molar-refractivity contribution is 5.96. The number of benzene rings is 1. The molecule has 0 unspecified atom stereocenters. The lowest BCUT2D eigenvalue weighted by Gasteiger charge is -2.37. The minimum Gasteiger partial charge on any atom is -0.497 e. The molecule has 2 heterocycles. The van der Waals surface area contributed by atoms with Gasteiger partial charge >= 0.3 is 0 Å². The minimum atomic E-state index is -1.12. The molecular weight excluding hydrogens is 330 g/mol. The normalized spacial score (nSPS) is 22.3. The van der Waals surface area contributed by atoms with Crippen molar-refractivity contribution in [1.82, 2.24) is 4.90 Å². The van der Waals surface area contributed by atoms with Gasteiger partial charge in [0.25, 0.3) is 5.91 Å². The zero-order valence-electron chi connectivity index (χ0n) is 15.3. The van der Waals surface area contributed by atoms with Crippen LogP contribution in [-0.4, -0.2) is 35.6 Å². The van der Waals surface area contributed by atoms with Crippen LogP contribution in [0.5, 0.6) is 5.75 Å². The van der Waals surface area contributed by atoms with E-state index in [-0.39, 0.29) is 11.9 Å². The summed E-state index contributed by atoms with van der Waals surface area (Å²) in [7, 11) is 1.62. The Morgan fingerprint density at radius 2 is 1.96 bits per heavy atom. The monoisotopic (exact) mass is 355 g/mol. The first-order valence-corrected chi connectivity index (χ1v) is 9.27. The van der Waals surface area contributed by atoms with Crippen LogP contribution >= 0.6 is 0 Å². The first-order valence-electron chi connectivity index (χ1n) is 9.27. The lowest BCUT2D eigenvalue weighted by molar-refractivity contribution is -0.0178. The number of aliphatic hydroxyl groups is 1. The maximum absolute atomic E-state index is 13.2. The zero-order valence-corrected chi connectivity index (χ0v) is 15.3. The van der Waals surface area contributed by atoms with Crippen LogP contribution in [0.3, 0.4) is 0 Å². The Morgan fingerprint density at radius 3 is 2.62 bits per heavy atom. The van der Waals surface area contributed by atoms with Crippen molar-refractivity contribution in [2.24, 2.45) is 0 Å². The molecule has 1 N–H and O–H groups in total. The summed E-state index contributed by atoms with van der Waals surface area (Å²) in [6.07, 6.45) is 5.44. The molecule has 5 nitrogen and oxygen atoms in total. The number of carbonyl (C=O) groups is 1. The smallest absolute Gasteiger partial charge is 0.257 e. The quantitative estimate of drug-likeness (QED) is 0.889. The van der Waals surface area contributed by atoms with E-state index in [1.54, 1.807) is 26.4 Å². The summed E-state index contributed by atoms with van der Waals surface area (Å²) in [4.78, 5) is 15.0. The van der Waals surface area contributed by atoms with Gasteiger partial charge < -0.3 is 19.2 Å². The lowest BCUT2D eigenvalue weighted by Crippen LogP contribution is -2.48. The molecule has 138 valence electrons. The van der Waals surface area contributed by atoms with Gasteiger partial charge in [0.05, 0.1) is 25.0 Å². The number of furan rings is 1. The highest BCUT2D eigenvalue weighted by atomic mass is 16.5. The van der Waals surface area contributed by atoms with Crippen molar-refractivity contribution in [3.8, 4) is 5.75 Å². The van der Waals surface area contributed by atoms with Crippen molar-refractivity contribution in [2.75, 3.05) is 13.7 Å². The van der Waals surface area contributed by atoms with Gasteiger partial charge in [0.1, 0.15) is 17.1 Å². The van der Waals surface area contributed by atoms with Crippen molar-refractivity contribution in [1.29, 1.82) is 0 Å². The van der Waals surface area contributed by atoms with Crippen molar-refractivity contribution in [3.63, 3.8) is 0 Å². The molecule has 1 aromatic heterocycles. The average molecular weight is 355 g/mol. The molecule has 2 atom stereocenters. The number of likely N-dealkylation sites (tertiary alicyclic amines) is 1. The predicted molar refractivity (Wildman–Crippen MR) is 97.3 cm³/mol. The Hall–Kier alpha value is -2.27. The molecule has 1 saturated carbocycles. The van der Waals surface area contributed by atoms with Gasteiger partial charge in [-0.2, -0.15) is 0 Å². The molecule has 2 aromatic rings. The standard InChI is InChI=1S/C21H25NO4/c1-21(24,15-7-9-16(25-2)10-8-15)18-4-3-12-22(18)20(23)17-11-13-26-19(17)14-5-6-14/h7-11,13-14,18,24H,3-6,12H2,1-2H3/t18-,21+/m0/s1. The summed E-state index contributed by atoms with van der Waals surface area (Å²) in [5, 5.41) is 11.3. The first-order chi connectivity index (χ1) is 12.5. The molecule has 1 aromatic carbocycles. The minimum absolute atomic E-state index is 0.0306. The van der Waals surface area contributed by atoms with E-state index >= 15 is 0 Å². The fourth-order valence-corrected chi connectivity index (χ4v) is 4.03. The summed E-state index contributed by atoms with van der Waals surface area (Å²) in [5.74, 6) is 1.91. The van der Waals surface area contributed by atoms with E-state index in [0.717, 1.165) is 42.8 Å². The van der Waals surface area contributed by atoms with Crippen molar-refractivity contribution >= 4 is 5.91 Å². The highest BCUT2D eigenvalue weighted by Gasteiger charge is 2.44. The zero-order chi connectivity index (χ0) is 18.3. The molecule has 4 rings (SSSR count). The molecule has 1 aliphatic carbocycles. The van der Waals surface area contributed by atoms with Gasteiger partial charge in [-0.1, -0.05) is 12.1 Å². The number of methoxy groups -OCH3 is 1. The summed E-state index contributed by atoms with van der Waals surface area (Å²) < 4.78 is 10.8. The maximum atomic E-state index is 13.2. The number of amides is 1. The SMILES string of the molecule is COc1ccc([C@@](C)(O)[C@@H]2CCCN2C(=O)c2ccoc2C2CC2)cc1. The number of hydrogen-bond donors (Lipinski definition) is 1. The van der Waals surface area contributed by atoms with Crippen LogP contribution in [0.15, 0.2) is 41.0 Å². The number of nitrogens with zero attached hydrogens (tertiary/aromatic N) is 1. The van der Waals surface area contributed by atoms with Crippen molar-refractivity contribution in [2.45, 2.75) is 50.2 Å². The van der Waals surface area contributed by atoms with Crippen LogP contribution in [0.25, 0.3) is 0 Å². The summed E-state index contributed by atoms with van der Waals surface area (Å²) in [6.45, 7) is 2.45. The molecule has 0 spiro atoms. The molecule has 26 heavy (non-hydrogen) atoms. The fourth-order valence-electron chi connectivity index (χ4n) is 4.03. The third kappa shape index (κ3) is 2.90. The van der Waals surface area contributed by atoms with Crippen LogP contribution in [0, 0.1) is 0 Å². The highest BCUT2D eigenvalue weighted by Crippen LogP contribution is 2.43. The first kappa shape index (κ1) is 17.2. The van der Waals surface area contributed by atoms with E-state index in [9.17, 15) is 9.90 Å². The van der Waals surface area contributed by atoms with Crippen molar-refractivity contribution in [3.05, 3.63) is 53.5 Å². The van der Waals surface area contributed by atoms with E-state index in [4.69, 9.17) is 9.15 Å². The third-order valence-electron chi connectivity index (χ3n) is 5.71. The number of carbonyl (C=O) groups excluding carboxylic acids is 1. The lowest BCUT2D eigenvalue weighted by atomic mass is 9.86. The number of hydrogen-bond acceptors (Lipinski definition) is 4. The Balaban J connectivity index is 1.60. The number of rotatable bonds is 5. The van der Waals surface area contributed by atoms with Gasteiger partial charge in [-0.05, 0) is 56.4 Å². The topological polar surface area (TPSA) is 62.9 Å². The van der Waals surface area contributed by atoms with Gasteiger partial charge in [0.15, 0.2) is 0 Å². The van der Waals surface area contributed by atoms with Gasteiger partial charge in [0.2, 0.25) is 0 Å². The Kier molecular flexibility index (Phi) is 4.27. The molecule has 2 aliphatic rings. The maximum Gasteiger partial charge on any atom is 0.257 e. The Labute approximate surface area is 153 Å². The Morgan fingerprint density at radius 1 is 1.23 bits per heavy atom. The molecule has 0 radical (unpaired) electrons. The largest absolute Gasteiger partial charge is 0.497 e. The molecule has 2 fully saturated rings. The van der Waals surface area contributed by atoms with Crippen LogP contribution in [0.1, 0.15) is 60.2 Å². The molecule has 1 aliphatic heterocycles. The van der Waals surface area contributed by atoms with E-state index in [1.165, 1.54) is 0 Å². The van der Waals surface area contributed by atoms with E-state index in [2.05, 4.69) is 0 Å². The summed E-state index contributed by atoms with van der Waals surface area (Å²) in [5.41, 5.74) is 0.324. The molecular formula is C21H25NO4. The summed E-state index contributed by atoms with van der Waals surface area (Å²) in [6, 6.07) is 8.93. The second kappa shape index (κ2) is 6.47. The van der Waals surface area contributed by atoms with E-state index < -0.39 is 5.60 Å². The molecule has 1 saturated heterocycles. The van der Waals surface area contributed by atoms with Gasteiger partial charge in [-0.25, -0.2) is 0 Å². The summed E-state index contributed by atoms with van der Waals surface area (Å²) >= 11 is 0. The van der Waals surface area contributed by atoms with Crippen LogP contribution in [0.2, 0.25) is 0 Å². The number of ether oxygens (including phenoxy) is 1. The van der Waals surface area contributed by atoms with Gasteiger partial charge in [-0.15, -0.1) is 0 Å². The third-order valence-corrected chi connectivity index (χ3v) is 5.71. The van der Waals surface area contributed by atoms with Crippen LogP contribution in [0.4, 0.5) is 0 Å². The van der Waals surface area contributed by atoms with Gasteiger partial charge in [0, 0.05) is 12.5 Å². The predicted octanol–water partition coefficient (Wildman–Crippen LogP) is 3.68. The van der Waals surface area contributed by atoms with Crippen LogP contribution < -0.4 is 4.74 Å². The Bertz CT molecular complexity index is 789. The van der Waals surface area contributed by atoms with E-state index in [0.29, 0.717) is 18.0 Å². The average Bonchev–Trinajstić information content (AvgIpc) is 3.18. The fraction of sp³-hybridized carbons (Fsp3) is 0.476.